The molecule has 0 aromatic heterocycles. The maximum Gasteiger partial charge on any atom is 0.239 e. The van der Waals surface area contributed by atoms with Gasteiger partial charge in [0.2, 0.25) is 11.8 Å². The highest BCUT2D eigenvalue weighted by atomic mass is 16.5. The molecule has 2 fully saturated rings. The minimum atomic E-state index is -0.0932. The minimum absolute atomic E-state index is 0.00131. The number of nitrogens with zero attached hydrogens (tertiary/aromatic N) is 1. The first kappa shape index (κ1) is 13.3. The Labute approximate surface area is 107 Å². The van der Waals surface area contributed by atoms with Gasteiger partial charge >= 0.3 is 0 Å². The van der Waals surface area contributed by atoms with E-state index in [4.69, 9.17) is 10.5 Å². The van der Waals surface area contributed by atoms with E-state index < -0.39 is 0 Å². The van der Waals surface area contributed by atoms with Crippen molar-refractivity contribution < 1.29 is 14.3 Å². The predicted molar refractivity (Wildman–Crippen MR) is 65.8 cm³/mol. The van der Waals surface area contributed by atoms with Crippen LogP contribution in [-0.2, 0) is 14.3 Å². The first-order valence-corrected chi connectivity index (χ1v) is 6.55. The molecule has 0 aromatic carbocycles. The molecule has 0 bridgehead atoms. The zero-order chi connectivity index (χ0) is 13.0. The summed E-state index contributed by atoms with van der Waals surface area (Å²) in [5.74, 6) is -0.0665. The van der Waals surface area contributed by atoms with Gasteiger partial charge in [-0.05, 0) is 19.3 Å². The Bertz CT molecular complexity index is 316. The lowest BCUT2D eigenvalue weighted by molar-refractivity contribution is -0.138. The number of hydrogen-bond acceptors (Lipinski definition) is 4. The molecule has 0 radical (unpaired) electrons. The summed E-state index contributed by atoms with van der Waals surface area (Å²) in [6.07, 6.45) is 2.86. The fraction of sp³-hybridized carbons (Fsp3) is 0.833. The minimum Gasteiger partial charge on any atom is -0.381 e. The van der Waals surface area contributed by atoms with Crippen molar-refractivity contribution in [2.75, 3.05) is 26.3 Å². The Morgan fingerprint density at radius 2 is 2.11 bits per heavy atom. The van der Waals surface area contributed by atoms with Gasteiger partial charge < -0.3 is 20.7 Å². The molecule has 102 valence electrons. The molecule has 2 rings (SSSR count). The van der Waals surface area contributed by atoms with E-state index in [1.807, 2.05) is 0 Å². The highest BCUT2D eigenvalue weighted by Crippen LogP contribution is 2.10. The normalized spacial score (nSPS) is 26.2. The largest absolute Gasteiger partial charge is 0.381 e. The van der Waals surface area contributed by atoms with E-state index >= 15 is 0 Å². The second-order valence-corrected chi connectivity index (χ2v) is 5.03. The van der Waals surface area contributed by atoms with Gasteiger partial charge in [-0.25, -0.2) is 0 Å². The summed E-state index contributed by atoms with van der Waals surface area (Å²) in [5, 5.41) is 2.95. The number of rotatable bonds is 3. The Morgan fingerprint density at radius 1 is 1.39 bits per heavy atom. The molecule has 2 saturated heterocycles. The molecule has 0 aliphatic carbocycles. The van der Waals surface area contributed by atoms with E-state index in [1.54, 1.807) is 4.90 Å². The Kier molecular flexibility index (Phi) is 4.54. The first-order valence-electron chi connectivity index (χ1n) is 6.55. The van der Waals surface area contributed by atoms with Gasteiger partial charge in [-0.2, -0.15) is 0 Å². The second kappa shape index (κ2) is 6.15. The van der Waals surface area contributed by atoms with Gasteiger partial charge in [0.25, 0.3) is 0 Å². The lowest BCUT2D eigenvalue weighted by Gasteiger charge is -2.31. The van der Waals surface area contributed by atoms with Gasteiger partial charge in [-0.15, -0.1) is 0 Å². The maximum absolute atomic E-state index is 11.8. The number of nitrogens with one attached hydrogen (secondary N) is 1. The lowest BCUT2D eigenvalue weighted by atomic mass is 10.1. The molecule has 1 atom stereocenters. The zero-order valence-corrected chi connectivity index (χ0v) is 10.6. The smallest absolute Gasteiger partial charge is 0.239 e. The molecule has 0 saturated carbocycles. The summed E-state index contributed by atoms with van der Waals surface area (Å²) in [4.78, 5) is 25.0. The molecular formula is C12H21N3O3. The number of carbonyl (C=O) groups excluding carboxylic acids is 2. The summed E-state index contributed by atoms with van der Waals surface area (Å²) >= 11 is 0. The topological polar surface area (TPSA) is 84.7 Å². The van der Waals surface area contributed by atoms with Crippen molar-refractivity contribution in [1.29, 1.82) is 0 Å². The van der Waals surface area contributed by atoms with Crippen molar-refractivity contribution >= 4 is 11.8 Å². The molecule has 6 heteroatoms. The van der Waals surface area contributed by atoms with Crippen LogP contribution in [0, 0.1) is 0 Å². The van der Waals surface area contributed by atoms with Crippen LogP contribution in [0.25, 0.3) is 0 Å². The quantitative estimate of drug-likeness (QED) is 0.693. The van der Waals surface area contributed by atoms with Crippen molar-refractivity contribution in [3.63, 3.8) is 0 Å². The summed E-state index contributed by atoms with van der Waals surface area (Å²) in [7, 11) is 0. The number of hydrogen-bond donors (Lipinski definition) is 2. The van der Waals surface area contributed by atoms with E-state index in [-0.39, 0.29) is 30.4 Å². The number of carbonyl (C=O) groups is 2. The van der Waals surface area contributed by atoms with E-state index in [0.29, 0.717) is 26.2 Å². The van der Waals surface area contributed by atoms with Crippen LogP contribution in [0.15, 0.2) is 0 Å². The average molecular weight is 255 g/mol. The summed E-state index contributed by atoms with van der Waals surface area (Å²) in [6.45, 7) is 2.00. The molecule has 2 amide bonds. The van der Waals surface area contributed by atoms with Crippen LogP contribution < -0.4 is 11.1 Å². The van der Waals surface area contributed by atoms with Gasteiger partial charge in [0.15, 0.2) is 0 Å². The van der Waals surface area contributed by atoms with Gasteiger partial charge in [0.05, 0.1) is 6.54 Å². The molecular weight excluding hydrogens is 234 g/mol. The molecule has 0 aromatic rings. The number of piperidine rings is 1. The van der Waals surface area contributed by atoms with Crippen LogP contribution in [0.5, 0.6) is 0 Å². The van der Waals surface area contributed by atoms with Gasteiger partial charge in [-0.1, -0.05) is 0 Å². The van der Waals surface area contributed by atoms with Crippen molar-refractivity contribution in [2.45, 2.75) is 37.8 Å². The fourth-order valence-electron chi connectivity index (χ4n) is 2.38. The van der Waals surface area contributed by atoms with Crippen LogP contribution in [0.1, 0.15) is 25.7 Å². The van der Waals surface area contributed by atoms with E-state index in [0.717, 1.165) is 19.3 Å². The van der Waals surface area contributed by atoms with Crippen LogP contribution in [0.3, 0.4) is 0 Å². The fourth-order valence-corrected chi connectivity index (χ4v) is 2.38. The summed E-state index contributed by atoms with van der Waals surface area (Å²) in [6, 6.07) is 0.179. The third-order valence-electron chi connectivity index (χ3n) is 3.46. The van der Waals surface area contributed by atoms with E-state index in [1.165, 1.54) is 0 Å². The van der Waals surface area contributed by atoms with Crippen molar-refractivity contribution in [2.24, 2.45) is 5.73 Å². The molecule has 2 aliphatic rings. The Hall–Kier alpha value is -1.14. The molecule has 18 heavy (non-hydrogen) atoms. The van der Waals surface area contributed by atoms with Crippen LogP contribution in [0.4, 0.5) is 0 Å². The molecule has 3 N–H and O–H groups in total. The first-order chi connectivity index (χ1) is 8.65. The molecule has 0 spiro atoms. The highest BCUT2D eigenvalue weighted by molar-refractivity contribution is 5.85. The van der Waals surface area contributed by atoms with E-state index in [9.17, 15) is 9.59 Å². The average Bonchev–Trinajstić information content (AvgIpc) is 2.35. The number of ether oxygens (including phenoxy) is 1. The van der Waals surface area contributed by atoms with Crippen molar-refractivity contribution in [3.8, 4) is 0 Å². The van der Waals surface area contributed by atoms with Crippen molar-refractivity contribution in [1.82, 2.24) is 10.2 Å². The maximum atomic E-state index is 11.8. The lowest BCUT2D eigenvalue weighted by Crippen LogP contribution is -2.51. The third-order valence-corrected chi connectivity index (χ3v) is 3.46. The predicted octanol–water partition coefficient (Wildman–Crippen LogP) is -0.769. The standard InChI is InChI=1S/C12H21N3O3/c13-9-1-2-12(17)15(7-9)8-11(16)14-10-3-5-18-6-4-10/h9-10H,1-8,13H2,(H,14,16). The number of likely N-dealkylation sites (tertiary alicyclic amines) is 1. The zero-order valence-electron chi connectivity index (χ0n) is 10.6. The molecule has 2 heterocycles. The van der Waals surface area contributed by atoms with E-state index in [2.05, 4.69) is 5.32 Å². The Morgan fingerprint density at radius 3 is 2.83 bits per heavy atom. The molecule has 6 nitrogen and oxygen atoms in total. The van der Waals surface area contributed by atoms with Crippen LogP contribution in [-0.4, -0.2) is 55.1 Å². The van der Waals surface area contributed by atoms with Crippen LogP contribution in [0.2, 0.25) is 0 Å². The monoisotopic (exact) mass is 255 g/mol. The summed E-state index contributed by atoms with van der Waals surface area (Å²) < 4.78 is 5.23. The van der Waals surface area contributed by atoms with Gasteiger partial charge in [0, 0.05) is 38.3 Å². The third kappa shape index (κ3) is 3.68. The van der Waals surface area contributed by atoms with Gasteiger partial charge in [-0.3, -0.25) is 9.59 Å². The second-order valence-electron chi connectivity index (χ2n) is 5.03. The molecule has 2 aliphatic heterocycles. The number of amides is 2. The summed E-state index contributed by atoms with van der Waals surface area (Å²) in [5.41, 5.74) is 5.81. The van der Waals surface area contributed by atoms with Crippen molar-refractivity contribution in [3.05, 3.63) is 0 Å². The highest BCUT2D eigenvalue weighted by Gasteiger charge is 2.25. The van der Waals surface area contributed by atoms with Crippen LogP contribution >= 0.6 is 0 Å². The van der Waals surface area contributed by atoms with Gasteiger partial charge in [0.1, 0.15) is 0 Å². The molecule has 1 unspecified atom stereocenters. The SMILES string of the molecule is NC1CCC(=O)N(CC(=O)NC2CCOCC2)C1. The Balaban J connectivity index is 1.77. The number of nitrogens with two attached hydrogens (primary N) is 1.